The molecule has 0 saturated heterocycles. The lowest BCUT2D eigenvalue weighted by Gasteiger charge is -2.15. The zero-order chi connectivity index (χ0) is 23.3. The van der Waals surface area contributed by atoms with Gasteiger partial charge in [-0.15, -0.1) is 11.3 Å². The molecule has 0 saturated carbocycles. The van der Waals surface area contributed by atoms with Gasteiger partial charge in [0.15, 0.2) is 6.10 Å². The number of carbonyl (C=O) groups excluding carboxylic acids is 3. The Bertz CT molecular complexity index is 1050. The number of hydrogen-bond acceptors (Lipinski definition) is 7. The molecule has 2 atom stereocenters. The second-order valence-corrected chi connectivity index (χ2v) is 10.1. The van der Waals surface area contributed by atoms with Crippen molar-refractivity contribution in [3.63, 3.8) is 0 Å². The number of rotatable bonds is 8. The molecular weight excluding hydrogens is 450 g/mol. The van der Waals surface area contributed by atoms with Crippen LogP contribution in [0.5, 0.6) is 0 Å². The third-order valence-corrected chi connectivity index (χ3v) is 7.73. The summed E-state index contributed by atoms with van der Waals surface area (Å²) in [4.78, 5) is 39.5. The van der Waals surface area contributed by atoms with Crippen LogP contribution in [0.15, 0.2) is 29.2 Å². The number of anilines is 1. The van der Waals surface area contributed by atoms with Gasteiger partial charge in [0.05, 0.1) is 33.4 Å². The van der Waals surface area contributed by atoms with Crippen LogP contribution < -0.4 is 5.32 Å². The van der Waals surface area contributed by atoms with Crippen molar-refractivity contribution in [3.8, 4) is 0 Å². The van der Waals surface area contributed by atoms with Gasteiger partial charge in [-0.25, -0.2) is 9.59 Å². The van der Waals surface area contributed by atoms with Crippen molar-refractivity contribution in [1.29, 1.82) is 0 Å². The highest BCUT2D eigenvalue weighted by Crippen LogP contribution is 2.38. The van der Waals surface area contributed by atoms with Crippen molar-refractivity contribution < 1.29 is 28.1 Å². The van der Waals surface area contributed by atoms with E-state index in [1.807, 2.05) is 0 Å². The van der Waals surface area contributed by atoms with Gasteiger partial charge >= 0.3 is 11.9 Å². The summed E-state index contributed by atoms with van der Waals surface area (Å²) in [5, 5.41) is 3.18. The molecule has 1 amide bonds. The molecule has 1 aliphatic carbocycles. The number of hydrogen-bond donors (Lipinski definition) is 1. The first kappa shape index (κ1) is 24.1. The van der Waals surface area contributed by atoms with E-state index >= 15 is 0 Å². The monoisotopic (exact) mass is 477 g/mol. The maximum atomic E-state index is 12.8. The van der Waals surface area contributed by atoms with Crippen LogP contribution in [0, 0.1) is 0 Å². The van der Waals surface area contributed by atoms with E-state index in [4.69, 9.17) is 9.47 Å². The average molecular weight is 478 g/mol. The van der Waals surface area contributed by atoms with Crippen LogP contribution in [0.1, 0.15) is 64.8 Å². The Labute approximate surface area is 194 Å². The maximum Gasteiger partial charge on any atom is 0.341 e. The topological polar surface area (TPSA) is 98.8 Å². The molecule has 0 fully saturated rings. The van der Waals surface area contributed by atoms with Crippen LogP contribution in [0.3, 0.4) is 0 Å². The fourth-order valence-corrected chi connectivity index (χ4v) is 5.77. The van der Waals surface area contributed by atoms with E-state index in [9.17, 15) is 18.6 Å². The number of aryl methyl sites for hydroxylation is 1. The molecule has 0 unspecified atom stereocenters. The largest absolute Gasteiger partial charge is 0.462 e. The summed E-state index contributed by atoms with van der Waals surface area (Å²) in [6.07, 6.45) is 2.54. The number of amides is 1. The third-order valence-electron chi connectivity index (χ3n) is 5.16. The standard InChI is InChI=1S/C23H27NO6S2/c1-4-29-23(27)19-15-10-6-8-12-17(15)31-21(19)24-20(25)14(3)30-22(26)16-11-7-9-13-18(16)32(28)5-2/h7,9,11,13-14H,4-6,8,10,12H2,1-3H3,(H,24,25)/t14-,32-/m0/s1. The molecule has 0 aliphatic heterocycles. The molecule has 1 aliphatic rings. The van der Waals surface area contributed by atoms with Gasteiger partial charge in [0, 0.05) is 10.6 Å². The zero-order valence-corrected chi connectivity index (χ0v) is 20.0. The summed E-state index contributed by atoms with van der Waals surface area (Å²) in [5.74, 6) is -1.36. The minimum Gasteiger partial charge on any atom is -0.462 e. The summed E-state index contributed by atoms with van der Waals surface area (Å²) in [6.45, 7) is 5.20. The second-order valence-electron chi connectivity index (χ2n) is 7.30. The van der Waals surface area contributed by atoms with Crippen LogP contribution in [0.4, 0.5) is 5.00 Å². The molecule has 7 nitrogen and oxygen atoms in total. The van der Waals surface area contributed by atoms with Gasteiger partial charge in [0.1, 0.15) is 5.00 Å². The number of fused-ring (bicyclic) bond motifs is 1. The highest BCUT2D eigenvalue weighted by atomic mass is 32.2. The Balaban J connectivity index is 1.77. The van der Waals surface area contributed by atoms with E-state index < -0.39 is 34.7 Å². The van der Waals surface area contributed by atoms with E-state index in [0.717, 1.165) is 36.1 Å². The first-order valence-electron chi connectivity index (χ1n) is 10.7. The van der Waals surface area contributed by atoms with Crippen LogP contribution in [-0.2, 0) is 37.9 Å². The first-order chi connectivity index (χ1) is 15.4. The predicted octanol–water partition coefficient (Wildman–Crippen LogP) is 4.12. The van der Waals surface area contributed by atoms with E-state index in [-0.39, 0.29) is 12.2 Å². The first-order valence-corrected chi connectivity index (χ1v) is 12.8. The van der Waals surface area contributed by atoms with E-state index in [1.165, 1.54) is 24.3 Å². The Morgan fingerprint density at radius 2 is 1.84 bits per heavy atom. The molecule has 0 spiro atoms. The third kappa shape index (κ3) is 5.27. The van der Waals surface area contributed by atoms with Gasteiger partial charge < -0.3 is 14.8 Å². The van der Waals surface area contributed by atoms with Crippen molar-refractivity contribution >= 4 is 45.0 Å². The molecule has 0 radical (unpaired) electrons. The second kappa shape index (κ2) is 10.9. The molecule has 1 aromatic heterocycles. The number of ether oxygens (including phenoxy) is 2. The lowest BCUT2D eigenvalue weighted by molar-refractivity contribution is -0.123. The quantitative estimate of drug-likeness (QED) is 0.575. The fraction of sp³-hybridized carbons (Fsp3) is 0.435. The lowest BCUT2D eigenvalue weighted by atomic mass is 9.95. The lowest BCUT2D eigenvalue weighted by Crippen LogP contribution is -2.30. The van der Waals surface area contributed by atoms with Crippen molar-refractivity contribution in [1.82, 2.24) is 0 Å². The van der Waals surface area contributed by atoms with E-state index in [1.54, 1.807) is 32.0 Å². The SMILES string of the molecule is CCOC(=O)c1c(NC(=O)[C@H](C)OC(=O)c2ccccc2[S@@](=O)CC)sc2c1CCCC2. The minimum absolute atomic E-state index is 0.172. The van der Waals surface area contributed by atoms with Crippen LogP contribution in [-0.4, -0.2) is 40.5 Å². The van der Waals surface area contributed by atoms with Gasteiger partial charge in [-0.2, -0.15) is 0 Å². The molecule has 1 heterocycles. The van der Waals surface area contributed by atoms with Gasteiger partial charge in [0.25, 0.3) is 5.91 Å². The Hall–Kier alpha value is -2.52. The number of benzene rings is 1. The highest BCUT2D eigenvalue weighted by molar-refractivity contribution is 7.85. The maximum absolute atomic E-state index is 12.8. The number of carbonyl (C=O) groups is 3. The fourth-order valence-electron chi connectivity index (χ4n) is 3.55. The van der Waals surface area contributed by atoms with Crippen LogP contribution in [0.25, 0.3) is 0 Å². The van der Waals surface area contributed by atoms with Crippen LogP contribution >= 0.6 is 11.3 Å². The molecule has 0 bridgehead atoms. The molecule has 9 heteroatoms. The summed E-state index contributed by atoms with van der Waals surface area (Å²) >= 11 is 1.37. The molecule has 1 aromatic carbocycles. The van der Waals surface area contributed by atoms with E-state index in [2.05, 4.69) is 5.32 Å². The minimum atomic E-state index is -1.34. The van der Waals surface area contributed by atoms with Gasteiger partial charge in [-0.3, -0.25) is 9.00 Å². The number of nitrogens with one attached hydrogen (secondary N) is 1. The smallest absolute Gasteiger partial charge is 0.341 e. The van der Waals surface area contributed by atoms with Gasteiger partial charge in [-0.1, -0.05) is 19.1 Å². The summed E-state index contributed by atoms with van der Waals surface area (Å²) in [7, 11) is -1.34. The molecule has 2 aromatic rings. The van der Waals surface area contributed by atoms with Crippen LogP contribution in [0.2, 0.25) is 0 Å². The molecule has 1 N–H and O–H groups in total. The van der Waals surface area contributed by atoms with Crippen molar-refractivity contribution in [2.24, 2.45) is 0 Å². The molecule has 3 rings (SSSR count). The molecule has 172 valence electrons. The highest BCUT2D eigenvalue weighted by Gasteiger charge is 2.29. The van der Waals surface area contributed by atoms with Gasteiger partial charge in [-0.05, 0) is 57.2 Å². The van der Waals surface area contributed by atoms with E-state index in [0.29, 0.717) is 21.2 Å². The Morgan fingerprint density at radius 3 is 2.56 bits per heavy atom. The Kier molecular flexibility index (Phi) is 8.20. The average Bonchev–Trinajstić information content (AvgIpc) is 3.16. The van der Waals surface area contributed by atoms with Gasteiger partial charge in [0.2, 0.25) is 0 Å². The number of esters is 2. The summed E-state index contributed by atoms with van der Waals surface area (Å²) in [5.41, 5.74) is 1.52. The van der Waals surface area contributed by atoms with Crippen molar-refractivity contribution in [3.05, 3.63) is 45.8 Å². The van der Waals surface area contributed by atoms with Crippen molar-refractivity contribution in [2.75, 3.05) is 17.7 Å². The predicted molar refractivity (Wildman–Crippen MR) is 124 cm³/mol. The summed E-state index contributed by atoms with van der Waals surface area (Å²) < 4.78 is 22.8. The molecular formula is C23H27NO6S2. The van der Waals surface area contributed by atoms with Crippen molar-refractivity contribution in [2.45, 2.75) is 57.5 Å². The molecule has 32 heavy (non-hydrogen) atoms. The zero-order valence-electron chi connectivity index (χ0n) is 18.4. The summed E-state index contributed by atoms with van der Waals surface area (Å²) in [6, 6.07) is 6.50. The normalized spacial score (nSPS) is 14.7. The number of thiophene rings is 1. The Morgan fingerprint density at radius 1 is 1.12 bits per heavy atom.